The number of carbonyl (C=O) groups excluding carboxylic acids is 1. The molecule has 2 rings (SSSR count). The zero-order valence-electron chi connectivity index (χ0n) is 12.4. The third-order valence-corrected chi connectivity index (χ3v) is 4.66. The van der Waals surface area contributed by atoms with Crippen molar-refractivity contribution in [1.82, 2.24) is 9.71 Å². The van der Waals surface area contributed by atoms with Crippen LogP contribution in [0, 0.1) is 0 Å². The molecule has 1 heterocycles. The largest absolute Gasteiger partial charge is 0.325 e. The maximum Gasteiger partial charge on any atom is 0.242 e. The molecular weight excluding hydrogens is 338 g/mol. The molecule has 1 amide bonds. The molecule has 0 unspecified atom stereocenters. The molecular formula is C15H16ClN3O3S. The van der Waals surface area contributed by atoms with Gasteiger partial charge in [0.25, 0.3) is 0 Å². The second kappa shape index (κ2) is 7.54. The summed E-state index contributed by atoms with van der Waals surface area (Å²) >= 11 is 5.61. The number of aromatic nitrogens is 1. The first kappa shape index (κ1) is 17.4. The summed E-state index contributed by atoms with van der Waals surface area (Å²) in [7, 11) is -3.81. The SMILES string of the molecule is CCc1cccc(NC(=O)CNS(=O)(=O)c2ccc(Cl)nc2)c1. The van der Waals surface area contributed by atoms with Gasteiger partial charge in [0, 0.05) is 11.9 Å². The van der Waals surface area contributed by atoms with Crippen LogP contribution in [0.2, 0.25) is 5.15 Å². The summed E-state index contributed by atoms with van der Waals surface area (Å²) in [6.45, 7) is 1.64. The molecule has 0 spiro atoms. The molecule has 1 aromatic heterocycles. The molecule has 8 heteroatoms. The number of nitrogens with zero attached hydrogens (tertiary/aromatic N) is 1. The van der Waals surface area contributed by atoms with Crippen molar-refractivity contribution in [3.8, 4) is 0 Å². The maximum absolute atomic E-state index is 12.0. The van der Waals surface area contributed by atoms with Gasteiger partial charge in [-0.15, -0.1) is 0 Å². The molecule has 1 aromatic carbocycles. The predicted molar refractivity (Wildman–Crippen MR) is 88.9 cm³/mol. The van der Waals surface area contributed by atoms with Crippen molar-refractivity contribution in [2.24, 2.45) is 0 Å². The lowest BCUT2D eigenvalue weighted by atomic mass is 10.1. The number of benzene rings is 1. The molecule has 0 radical (unpaired) electrons. The Hall–Kier alpha value is -1.96. The summed E-state index contributed by atoms with van der Waals surface area (Å²) in [5.41, 5.74) is 1.71. The Morgan fingerprint density at radius 1 is 1.26 bits per heavy atom. The highest BCUT2D eigenvalue weighted by Gasteiger charge is 2.16. The highest BCUT2D eigenvalue weighted by atomic mass is 35.5. The lowest BCUT2D eigenvalue weighted by Gasteiger charge is -2.08. The fraction of sp³-hybridized carbons (Fsp3) is 0.200. The summed E-state index contributed by atoms with van der Waals surface area (Å²) in [5.74, 6) is -0.455. The molecule has 0 aliphatic heterocycles. The topological polar surface area (TPSA) is 88.2 Å². The molecule has 0 aliphatic carbocycles. The standard InChI is InChI=1S/C15H16ClN3O3S/c1-2-11-4-3-5-12(8-11)19-15(20)10-18-23(21,22)13-6-7-14(16)17-9-13/h3-9,18H,2,10H2,1H3,(H,19,20). The molecule has 2 N–H and O–H groups in total. The Morgan fingerprint density at radius 2 is 2.04 bits per heavy atom. The second-order valence-corrected chi connectivity index (χ2v) is 6.90. The van der Waals surface area contributed by atoms with Crippen LogP contribution in [0.3, 0.4) is 0 Å². The number of rotatable bonds is 6. The van der Waals surface area contributed by atoms with E-state index in [0.717, 1.165) is 18.2 Å². The zero-order valence-corrected chi connectivity index (χ0v) is 14.0. The summed E-state index contributed by atoms with van der Waals surface area (Å²) in [6, 6.07) is 10.1. The van der Waals surface area contributed by atoms with Gasteiger partial charge in [0.1, 0.15) is 10.0 Å². The lowest BCUT2D eigenvalue weighted by molar-refractivity contribution is -0.115. The lowest BCUT2D eigenvalue weighted by Crippen LogP contribution is -2.33. The Labute approximate surface area is 139 Å². The van der Waals surface area contributed by atoms with Gasteiger partial charge in [0.2, 0.25) is 15.9 Å². The number of hydrogen-bond donors (Lipinski definition) is 2. The van der Waals surface area contributed by atoms with Crippen molar-refractivity contribution in [2.75, 3.05) is 11.9 Å². The van der Waals surface area contributed by atoms with Crippen molar-refractivity contribution in [2.45, 2.75) is 18.2 Å². The molecule has 0 bridgehead atoms. The summed E-state index contributed by atoms with van der Waals surface area (Å²) in [6.07, 6.45) is 1.98. The molecule has 23 heavy (non-hydrogen) atoms. The van der Waals surface area contributed by atoms with Gasteiger partial charge >= 0.3 is 0 Å². The van der Waals surface area contributed by atoms with Crippen LogP contribution >= 0.6 is 11.6 Å². The minimum absolute atomic E-state index is 0.0531. The maximum atomic E-state index is 12.0. The molecule has 6 nitrogen and oxygen atoms in total. The summed E-state index contributed by atoms with van der Waals surface area (Å²) in [4.78, 5) is 15.5. The average Bonchev–Trinajstić information content (AvgIpc) is 2.54. The average molecular weight is 354 g/mol. The van der Waals surface area contributed by atoms with Crippen LogP contribution in [-0.4, -0.2) is 25.9 Å². The monoisotopic (exact) mass is 353 g/mol. The normalized spacial score (nSPS) is 11.2. The van der Waals surface area contributed by atoms with Crippen LogP contribution in [0.4, 0.5) is 5.69 Å². The third-order valence-electron chi connectivity index (χ3n) is 3.05. The van der Waals surface area contributed by atoms with Gasteiger partial charge in [-0.3, -0.25) is 4.79 Å². The Bertz CT molecular complexity index is 792. The molecule has 122 valence electrons. The van der Waals surface area contributed by atoms with E-state index in [9.17, 15) is 13.2 Å². The Balaban J connectivity index is 1.96. The van der Waals surface area contributed by atoms with E-state index >= 15 is 0 Å². The van der Waals surface area contributed by atoms with Crippen LogP contribution in [-0.2, 0) is 21.2 Å². The van der Waals surface area contributed by atoms with E-state index in [0.29, 0.717) is 5.69 Å². The van der Waals surface area contributed by atoms with Crippen molar-refractivity contribution < 1.29 is 13.2 Å². The molecule has 2 aromatic rings. The van der Waals surface area contributed by atoms with Crippen LogP contribution in [0.15, 0.2) is 47.5 Å². The molecule has 0 fully saturated rings. The molecule has 0 saturated carbocycles. The van der Waals surface area contributed by atoms with Crippen molar-refractivity contribution in [3.05, 3.63) is 53.3 Å². The fourth-order valence-electron chi connectivity index (χ4n) is 1.84. The van der Waals surface area contributed by atoms with Crippen LogP contribution in [0.25, 0.3) is 0 Å². The molecule has 0 aliphatic rings. The third kappa shape index (κ3) is 5.02. The van der Waals surface area contributed by atoms with Gasteiger partial charge in [-0.25, -0.2) is 18.1 Å². The van der Waals surface area contributed by atoms with Crippen molar-refractivity contribution >= 4 is 33.2 Å². The Kier molecular flexibility index (Phi) is 5.70. The highest BCUT2D eigenvalue weighted by Crippen LogP contribution is 2.12. The van der Waals surface area contributed by atoms with Crippen LogP contribution in [0.1, 0.15) is 12.5 Å². The minimum Gasteiger partial charge on any atom is -0.325 e. The van der Waals surface area contributed by atoms with Gasteiger partial charge in [0.05, 0.1) is 6.54 Å². The second-order valence-electron chi connectivity index (χ2n) is 4.74. The van der Waals surface area contributed by atoms with E-state index < -0.39 is 15.9 Å². The quantitative estimate of drug-likeness (QED) is 0.779. The van der Waals surface area contributed by atoms with E-state index in [-0.39, 0.29) is 16.6 Å². The first-order chi connectivity index (χ1) is 10.9. The molecule has 0 saturated heterocycles. The first-order valence-electron chi connectivity index (χ1n) is 6.90. The number of amides is 1. The summed E-state index contributed by atoms with van der Waals surface area (Å²) < 4.78 is 26.3. The number of sulfonamides is 1. The molecule has 0 atom stereocenters. The first-order valence-corrected chi connectivity index (χ1v) is 8.77. The van der Waals surface area contributed by atoms with Gasteiger partial charge < -0.3 is 5.32 Å². The number of anilines is 1. The van der Waals surface area contributed by atoms with Crippen molar-refractivity contribution in [3.63, 3.8) is 0 Å². The summed E-state index contributed by atoms with van der Waals surface area (Å²) in [5, 5.41) is 2.84. The number of nitrogens with one attached hydrogen (secondary N) is 2. The van der Waals surface area contributed by atoms with Gasteiger partial charge in [0.15, 0.2) is 0 Å². The number of carbonyl (C=O) groups is 1. The number of hydrogen-bond acceptors (Lipinski definition) is 4. The fourth-order valence-corrected chi connectivity index (χ4v) is 2.88. The van der Waals surface area contributed by atoms with Gasteiger partial charge in [-0.05, 0) is 36.2 Å². The Morgan fingerprint density at radius 3 is 2.70 bits per heavy atom. The zero-order chi connectivity index (χ0) is 16.9. The number of pyridine rings is 1. The van der Waals surface area contributed by atoms with Gasteiger partial charge in [-0.2, -0.15) is 0 Å². The number of halogens is 1. The van der Waals surface area contributed by atoms with Crippen LogP contribution < -0.4 is 10.0 Å². The smallest absolute Gasteiger partial charge is 0.242 e. The van der Waals surface area contributed by atoms with E-state index in [1.54, 1.807) is 6.07 Å². The van der Waals surface area contributed by atoms with Crippen LogP contribution in [0.5, 0.6) is 0 Å². The number of aryl methyl sites for hydroxylation is 1. The van der Waals surface area contributed by atoms with E-state index in [4.69, 9.17) is 11.6 Å². The van der Waals surface area contributed by atoms with E-state index in [1.807, 2.05) is 25.1 Å². The highest BCUT2D eigenvalue weighted by molar-refractivity contribution is 7.89. The predicted octanol–water partition coefficient (Wildman–Crippen LogP) is 2.21. The van der Waals surface area contributed by atoms with E-state index in [1.165, 1.54) is 12.1 Å². The van der Waals surface area contributed by atoms with Crippen molar-refractivity contribution in [1.29, 1.82) is 0 Å². The van der Waals surface area contributed by atoms with Gasteiger partial charge in [-0.1, -0.05) is 30.7 Å². The minimum atomic E-state index is -3.81. The van der Waals surface area contributed by atoms with E-state index in [2.05, 4.69) is 15.0 Å².